The Balaban J connectivity index is 0.000000687. The molecule has 6 saturated carbocycles. The van der Waals surface area contributed by atoms with Crippen LogP contribution in [0, 0.1) is 107 Å². The molecule has 6 fully saturated rings. The first-order chi connectivity index (χ1) is 54.6. The number of rotatable bonds is 51. The second-order valence-electron chi connectivity index (χ2n) is 36.2. The molecule has 114 heavy (non-hydrogen) atoms. The summed E-state index contributed by atoms with van der Waals surface area (Å²) in [6.07, 6.45) is 37.6. The third-order valence-electron chi connectivity index (χ3n) is 28.3. The Morgan fingerprint density at radius 3 is 1.11 bits per heavy atom. The lowest BCUT2D eigenvalue weighted by Gasteiger charge is -2.34. The highest BCUT2D eigenvalue weighted by atomic mass is 19.4. The minimum Gasteiger partial charge on any atom is -0.464 e. The first-order valence-corrected chi connectivity index (χ1v) is 47.3. The van der Waals surface area contributed by atoms with Gasteiger partial charge in [0.05, 0.1) is 23.9 Å². The van der Waals surface area contributed by atoms with Crippen LogP contribution in [0.15, 0.2) is 0 Å². The molecule has 6 aliphatic carbocycles. The van der Waals surface area contributed by atoms with E-state index in [0.29, 0.717) is 67.3 Å². The molecule has 0 saturated heterocycles. The molecule has 0 aliphatic heterocycles. The summed E-state index contributed by atoms with van der Waals surface area (Å²) in [6, 6.07) is 0. The van der Waals surface area contributed by atoms with E-state index < -0.39 is 23.9 Å². The van der Waals surface area contributed by atoms with Crippen LogP contribution in [0.25, 0.3) is 0 Å². The number of carbonyl (C=O) groups is 3. The van der Waals surface area contributed by atoms with Crippen molar-refractivity contribution in [3.05, 3.63) is 0 Å². The van der Waals surface area contributed by atoms with Crippen LogP contribution in [0.1, 0.15) is 368 Å². The van der Waals surface area contributed by atoms with E-state index in [9.17, 15) is 42.9 Å². The smallest absolute Gasteiger partial charge is 0.464 e. The third-order valence-corrected chi connectivity index (χ3v) is 28.3. The van der Waals surface area contributed by atoms with E-state index >= 15 is 0 Å². The molecule has 0 radical (unpaired) electrons. The minimum absolute atomic E-state index is 0.0188. The molecule has 24 atom stereocenters. The second kappa shape index (κ2) is 64.6. The van der Waals surface area contributed by atoms with Gasteiger partial charge in [-0.1, -0.05) is 160 Å². The first-order valence-electron chi connectivity index (χ1n) is 47.3. The van der Waals surface area contributed by atoms with Crippen molar-refractivity contribution < 1.29 is 85.5 Å². The van der Waals surface area contributed by atoms with Crippen molar-refractivity contribution in [3.63, 3.8) is 0 Å². The molecule has 15 nitrogen and oxygen atoms in total. The largest absolute Gasteiger partial charge is 0.490 e. The highest BCUT2D eigenvalue weighted by Crippen LogP contribution is 2.50. The van der Waals surface area contributed by atoms with Gasteiger partial charge in [-0.3, -0.25) is 9.59 Å². The Morgan fingerprint density at radius 2 is 0.728 bits per heavy atom. The van der Waals surface area contributed by atoms with E-state index in [2.05, 4.69) is 90.0 Å². The van der Waals surface area contributed by atoms with Gasteiger partial charge in [0.1, 0.15) is 18.3 Å². The lowest BCUT2D eigenvalue weighted by molar-refractivity contribution is -0.208. The van der Waals surface area contributed by atoms with Gasteiger partial charge in [0.25, 0.3) is 6.47 Å². The average molecular weight is 1630 g/mol. The predicted octanol–water partition coefficient (Wildman–Crippen LogP) is 24.0. The molecule has 3 N–H and O–H groups in total. The van der Waals surface area contributed by atoms with Crippen LogP contribution in [-0.2, 0) is 57.0 Å². The Labute approximate surface area is 698 Å². The van der Waals surface area contributed by atoms with E-state index in [1.165, 1.54) is 135 Å². The zero-order valence-electron chi connectivity index (χ0n) is 77.3. The van der Waals surface area contributed by atoms with Crippen molar-refractivity contribution in [1.29, 1.82) is 0 Å². The van der Waals surface area contributed by atoms with E-state index in [4.69, 9.17) is 42.6 Å². The summed E-state index contributed by atoms with van der Waals surface area (Å²) in [6.45, 7) is 42.2. The summed E-state index contributed by atoms with van der Waals surface area (Å²) in [4.78, 5) is 33.5. The van der Waals surface area contributed by atoms with Crippen LogP contribution in [0.4, 0.5) is 13.2 Å². The van der Waals surface area contributed by atoms with Gasteiger partial charge in [-0.2, -0.15) is 13.2 Å². The van der Waals surface area contributed by atoms with Crippen molar-refractivity contribution >= 4 is 18.4 Å². The summed E-state index contributed by atoms with van der Waals surface area (Å²) in [5.74, 6) is 9.30. The standard InChI is InChI=1S/C18H31F3O3.C17H32O3.C16H30O3.C16H32O2.C15H30O2.C14H28O2/c1-5-13-10-14(6-2)15(11-13)16(8-7-9-23-12(3)4)24-17(22)18(19,20)21;1-5-14-11-15(6-2)16(12-14)17(20-13(3)18)9-7-8-10-19-4;1-4-13-10-14(5-2)15(11-13)16(19-12-17)8-7-9-18-6-3;1-5-13-11-14(6-2)15(12-13)16(3,17)9-7-8-10-18-4;1-4-12-10-13(5-2)14(11-12)15(16)8-6-7-9-17-3;1-4-11-9-12(5-2)13(10-11)14(15)7-6-8-16-3/h12-16H,5-11H2,1-4H3;14-17H,5-12H2,1-4H3;12-16H,4-11H2,1-3H3;13-15,17H,5-12H2,1-4H3;12-16H,4-11H2,1-3H3;11-15H,4-10H2,1-3H3. The van der Waals surface area contributed by atoms with Gasteiger partial charge in [0, 0.05) is 81.6 Å². The number of aliphatic hydroxyl groups excluding tert-OH is 2. The maximum Gasteiger partial charge on any atom is 0.490 e. The summed E-state index contributed by atoms with van der Waals surface area (Å²) in [5.41, 5.74) is -0.474. The van der Waals surface area contributed by atoms with Gasteiger partial charge in [0.15, 0.2) is 0 Å². The molecular weight excluding hydrogens is 1450 g/mol. The van der Waals surface area contributed by atoms with E-state index in [1.807, 2.05) is 20.8 Å². The van der Waals surface area contributed by atoms with Gasteiger partial charge in [-0.15, -0.1) is 0 Å². The SMILES string of the molecule is CCC1CC(CC)C(C(C)(O)CCCCOC)C1.CCC1CC(CC)C(C(CCCCOC)OC(C)=O)C1.CCC1CC(CC)C(C(CCCOC(C)C)OC(=O)C(F)(F)F)C1.CCC1CC(CC)C(C(O)CCCCOC)C1.CCC1CC(CC)C(C(O)CCCOC)C1.CCOCCCC(OC=O)C1CC(CC)CC1CC. The van der Waals surface area contributed by atoms with Gasteiger partial charge in [0.2, 0.25) is 0 Å². The number of methoxy groups -OCH3 is 4. The molecule has 18 heteroatoms. The number of alkyl halides is 3. The number of carbonyl (C=O) groups excluding carboxylic acids is 3. The Morgan fingerprint density at radius 1 is 0.404 bits per heavy atom. The lowest BCUT2D eigenvalue weighted by Crippen LogP contribution is -2.36. The van der Waals surface area contributed by atoms with Crippen LogP contribution >= 0.6 is 0 Å². The maximum absolute atomic E-state index is 12.6. The zero-order chi connectivity index (χ0) is 85.6. The molecule has 24 unspecified atom stereocenters. The fourth-order valence-electron chi connectivity index (χ4n) is 21.2. The van der Waals surface area contributed by atoms with Crippen molar-refractivity contribution in [2.75, 3.05) is 74.7 Å². The average Bonchev–Trinajstić information content (AvgIpc) is 1.68. The highest BCUT2D eigenvalue weighted by Gasteiger charge is 2.47. The summed E-state index contributed by atoms with van der Waals surface area (Å²) in [7, 11) is 6.95. The van der Waals surface area contributed by atoms with E-state index in [1.54, 1.807) is 28.4 Å². The van der Waals surface area contributed by atoms with Crippen LogP contribution in [-0.4, -0.2) is 157 Å². The molecule has 0 heterocycles. The number of aliphatic hydroxyl groups is 3. The number of halogens is 3. The fraction of sp³-hybridized carbons (Fsp3) is 0.969. The van der Waals surface area contributed by atoms with Crippen LogP contribution in [0.2, 0.25) is 0 Å². The number of unbranched alkanes of at least 4 members (excludes halogenated alkanes) is 3. The lowest BCUT2D eigenvalue weighted by atomic mass is 9.77. The van der Waals surface area contributed by atoms with E-state index in [-0.39, 0.29) is 42.4 Å². The number of hydrogen-bond donors (Lipinski definition) is 3. The quantitative estimate of drug-likeness (QED) is 0.0225. The van der Waals surface area contributed by atoms with E-state index in [0.717, 1.165) is 208 Å². The summed E-state index contributed by atoms with van der Waals surface area (Å²) >= 11 is 0. The molecule has 0 aromatic rings. The normalized spacial score (nSPS) is 29.0. The highest BCUT2D eigenvalue weighted by molar-refractivity contribution is 5.75. The van der Waals surface area contributed by atoms with Crippen molar-refractivity contribution in [2.45, 2.75) is 417 Å². The fourth-order valence-corrected chi connectivity index (χ4v) is 21.2. The molecule has 0 aromatic carbocycles. The minimum atomic E-state index is -4.93. The number of hydrogen-bond acceptors (Lipinski definition) is 15. The monoisotopic (exact) mass is 1630 g/mol. The Hall–Kier alpha value is -2.16. The zero-order valence-corrected chi connectivity index (χ0v) is 77.3. The van der Waals surface area contributed by atoms with Crippen LogP contribution < -0.4 is 0 Å². The molecular formula is C96H183F3O15. The van der Waals surface area contributed by atoms with Crippen molar-refractivity contribution in [3.8, 4) is 0 Å². The number of ether oxygens (including phenoxy) is 9. The van der Waals surface area contributed by atoms with Crippen LogP contribution in [0.3, 0.4) is 0 Å². The molecule has 0 spiro atoms. The van der Waals surface area contributed by atoms with Crippen molar-refractivity contribution in [2.24, 2.45) is 107 Å². The van der Waals surface area contributed by atoms with Gasteiger partial charge in [-0.25, -0.2) is 4.79 Å². The van der Waals surface area contributed by atoms with Crippen LogP contribution in [0.5, 0.6) is 0 Å². The first kappa shape index (κ1) is 110. The number of esters is 2. The molecule has 6 rings (SSSR count). The van der Waals surface area contributed by atoms with Gasteiger partial charge in [-0.05, 0) is 308 Å². The van der Waals surface area contributed by atoms with Crippen molar-refractivity contribution in [1.82, 2.24) is 0 Å². The second-order valence-corrected chi connectivity index (χ2v) is 36.2. The maximum atomic E-state index is 12.6. The Bertz CT molecular complexity index is 2300. The predicted molar refractivity (Wildman–Crippen MR) is 461 cm³/mol. The van der Waals surface area contributed by atoms with Gasteiger partial charge < -0.3 is 58.0 Å². The summed E-state index contributed by atoms with van der Waals surface area (Å²) < 4.78 is 84.9. The molecule has 678 valence electrons. The van der Waals surface area contributed by atoms with Gasteiger partial charge >= 0.3 is 18.1 Å². The Kier molecular flexibility index (Phi) is 62.3. The third kappa shape index (κ3) is 43.1. The molecule has 6 aliphatic rings. The summed E-state index contributed by atoms with van der Waals surface area (Å²) in [5, 5.41) is 31.3. The molecule has 0 aromatic heterocycles. The molecule has 0 bridgehead atoms. The molecule has 0 amide bonds. The topological polar surface area (TPSA) is 195 Å².